The van der Waals surface area contributed by atoms with Crippen LogP contribution in [0.25, 0.3) is 0 Å². The number of nitro groups is 1. The highest BCUT2D eigenvalue weighted by atomic mass is 16.6. The number of hydrogen-bond acceptors (Lipinski definition) is 6. The highest BCUT2D eigenvalue weighted by Crippen LogP contribution is 2.23. The number of rotatable bonds is 8. The summed E-state index contributed by atoms with van der Waals surface area (Å²) in [6, 6.07) is 3.02. The van der Waals surface area contributed by atoms with E-state index in [0.29, 0.717) is 5.82 Å². The molecule has 8 heteroatoms. The second-order valence-electron chi connectivity index (χ2n) is 4.62. The smallest absolute Gasteiger partial charge is 0.311 e. The fourth-order valence-electron chi connectivity index (χ4n) is 1.61. The zero-order valence-electron chi connectivity index (χ0n) is 12.5. The van der Waals surface area contributed by atoms with Crippen LogP contribution >= 0.6 is 0 Å². The number of nitrogens with zero attached hydrogens (tertiary/aromatic N) is 2. The molecule has 1 heterocycles. The Labute approximate surface area is 123 Å². The summed E-state index contributed by atoms with van der Waals surface area (Å²) in [5.41, 5.74) is -0.115. The van der Waals surface area contributed by atoms with Crippen molar-refractivity contribution in [1.29, 1.82) is 0 Å². The van der Waals surface area contributed by atoms with E-state index < -0.39 is 4.92 Å². The van der Waals surface area contributed by atoms with Gasteiger partial charge in [0.05, 0.1) is 4.92 Å². The Kier molecular flexibility index (Phi) is 6.38. The zero-order chi connectivity index (χ0) is 15.8. The molecule has 8 nitrogen and oxygen atoms in total. The molecule has 0 saturated heterocycles. The number of amides is 1. The van der Waals surface area contributed by atoms with Crippen LogP contribution in [0.2, 0.25) is 0 Å². The van der Waals surface area contributed by atoms with Gasteiger partial charge in [-0.25, -0.2) is 4.98 Å². The molecular formula is C13H21N5O3. The van der Waals surface area contributed by atoms with Crippen LogP contribution in [0.15, 0.2) is 12.1 Å². The van der Waals surface area contributed by atoms with E-state index in [-0.39, 0.29) is 36.4 Å². The number of carbonyl (C=O) groups is 1. The molecule has 3 N–H and O–H groups in total. The predicted octanol–water partition coefficient (Wildman–Crippen LogP) is 1.75. The van der Waals surface area contributed by atoms with Gasteiger partial charge in [0.1, 0.15) is 5.82 Å². The van der Waals surface area contributed by atoms with Crippen LogP contribution in [0.3, 0.4) is 0 Å². The molecule has 0 saturated carbocycles. The molecule has 0 aliphatic carbocycles. The average Bonchev–Trinajstić information content (AvgIpc) is 2.46. The molecule has 0 bridgehead atoms. The van der Waals surface area contributed by atoms with Crippen LogP contribution in [0.1, 0.15) is 26.7 Å². The van der Waals surface area contributed by atoms with Gasteiger partial charge in [0.15, 0.2) is 0 Å². The van der Waals surface area contributed by atoms with Crippen LogP contribution in [0.4, 0.5) is 17.3 Å². The van der Waals surface area contributed by atoms with Gasteiger partial charge in [-0.2, -0.15) is 0 Å². The van der Waals surface area contributed by atoms with E-state index in [1.54, 1.807) is 7.05 Å². The quantitative estimate of drug-likeness (QED) is 0.498. The first kappa shape index (κ1) is 16.7. The summed E-state index contributed by atoms with van der Waals surface area (Å²) >= 11 is 0. The molecule has 0 fully saturated rings. The fraction of sp³-hybridized carbons (Fsp3) is 0.538. The second-order valence-corrected chi connectivity index (χ2v) is 4.62. The summed E-state index contributed by atoms with van der Waals surface area (Å²) in [4.78, 5) is 26.1. The molecule has 0 aliphatic heterocycles. The summed E-state index contributed by atoms with van der Waals surface area (Å²) in [6.07, 6.45) is 1.09. The molecule has 0 radical (unpaired) electrons. The van der Waals surface area contributed by atoms with Crippen molar-refractivity contribution >= 4 is 23.2 Å². The summed E-state index contributed by atoms with van der Waals surface area (Å²) in [5, 5.41) is 19.4. The molecule has 1 unspecified atom stereocenters. The Morgan fingerprint density at radius 3 is 2.76 bits per heavy atom. The van der Waals surface area contributed by atoms with Crippen molar-refractivity contribution in [2.75, 3.05) is 24.2 Å². The highest BCUT2D eigenvalue weighted by Gasteiger charge is 2.16. The molecule has 0 spiro atoms. The minimum Gasteiger partial charge on any atom is -0.373 e. The van der Waals surface area contributed by atoms with Crippen LogP contribution < -0.4 is 16.0 Å². The van der Waals surface area contributed by atoms with Crippen molar-refractivity contribution in [3.8, 4) is 0 Å². The van der Waals surface area contributed by atoms with E-state index in [1.165, 1.54) is 12.1 Å². The first-order valence-corrected chi connectivity index (χ1v) is 6.84. The van der Waals surface area contributed by atoms with Crippen LogP contribution in [-0.2, 0) is 4.79 Å². The van der Waals surface area contributed by atoms with Crippen LogP contribution in [0, 0.1) is 10.1 Å². The summed E-state index contributed by atoms with van der Waals surface area (Å²) in [5.74, 6) is 0.583. The molecule has 116 valence electrons. The van der Waals surface area contributed by atoms with E-state index in [2.05, 4.69) is 20.9 Å². The maximum atomic E-state index is 11.6. The average molecular weight is 295 g/mol. The molecule has 1 rings (SSSR count). The monoisotopic (exact) mass is 295 g/mol. The van der Waals surface area contributed by atoms with Crippen molar-refractivity contribution in [3.05, 3.63) is 22.2 Å². The predicted molar refractivity (Wildman–Crippen MR) is 81.4 cm³/mol. The van der Waals surface area contributed by atoms with Gasteiger partial charge in [-0.1, -0.05) is 6.92 Å². The Morgan fingerprint density at radius 1 is 1.48 bits per heavy atom. The van der Waals surface area contributed by atoms with E-state index >= 15 is 0 Å². The van der Waals surface area contributed by atoms with Gasteiger partial charge in [-0.3, -0.25) is 14.9 Å². The van der Waals surface area contributed by atoms with Crippen LogP contribution in [0.5, 0.6) is 0 Å². The third-order valence-corrected chi connectivity index (χ3v) is 2.99. The normalized spacial score (nSPS) is 11.6. The van der Waals surface area contributed by atoms with Crippen molar-refractivity contribution in [1.82, 2.24) is 10.3 Å². The molecule has 0 aliphatic rings. The minimum atomic E-state index is -0.506. The molecule has 1 aromatic heterocycles. The van der Waals surface area contributed by atoms with E-state index in [9.17, 15) is 14.9 Å². The Morgan fingerprint density at radius 2 is 2.19 bits per heavy atom. The van der Waals surface area contributed by atoms with Gasteiger partial charge in [-0.15, -0.1) is 0 Å². The first-order valence-electron chi connectivity index (χ1n) is 6.84. The van der Waals surface area contributed by atoms with Gasteiger partial charge in [0.25, 0.3) is 0 Å². The first-order chi connectivity index (χ1) is 9.97. The molecule has 1 amide bonds. The molecular weight excluding hydrogens is 274 g/mol. The molecule has 21 heavy (non-hydrogen) atoms. The van der Waals surface area contributed by atoms with E-state index in [1.807, 2.05) is 13.8 Å². The van der Waals surface area contributed by atoms with Crippen molar-refractivity contribution < 1.29 is 9.72 Å². The lowest BCUT2D eigenvalue weighted by Crippen LogP contribution is -2.33. The Bertz CT molecular complexity index is 507. The third kappa shape index (κ3) is 5.25. The maximum absolute atomic E-state index is 11.6. The topological polar surface area (TPSA) is 109 Å². The minimum absolute atomic E-state index is 0.0933. The number of aromatic nitrogens is 1. The molecule has 1 aromatic rings. The van der Waals surface area contributed by atoms with E-state index in [0.717, 1.165) is 6.42 Å². The van der Waals surface area contributed by atoms with Crippen LogP contribution in [-0.4, -0.2) is 35.4 Å². The number of hydrogen-bond donors (Lipinski definition) is 3. The number of anilines is 2. The summed E-state index contributed by atoms with van der Waals surface area (Å²) in [7, 11) is 1.68. The van der Waals surface area contributed by atoms with Gasteiger partial charge in [-0.05, 0) is 19.4 Å². The lowest BCUT2D eigenvalue weighted by Gasteiger charge is -2.12. The Hall–Kier alpha value is -2.38. The largest absolute Gasteiger partial charge is 0.373 e. The second kappa shape index (κ2) is 8.03. The number of carbonyl (C=O) groups excluding carboxylic acids is 1. The van der Waals surface area contributed by atoms with Gasteiger partial charge >= 0.3 is 5.69 Å². The number of nitrogens with one attached hydrogen (secondary N) is 3. The summed E-state index contributed by atoms with van der Waals surface area (Å²) in [6.45, 7) is 4.19. The molecule has 1 atom stereocenters. The SMILES string of the molecule is CCC(C)NC(=O)CCNc1nc(NC)ccc1[N+](=O)[O-]. The van der Waals surface area contributed by atoms with Gasteiger partial charge in [0, 0.05) is 32.1 Å². The van der Waals surface area contributed by atoms with Crippen molar-refractivity contribution in [2.45, 2.75) is 32.7 Å². The van der Waals surface area contributed by atoms with Gasteiger partial charge in [0.2, 0.25) is 11.7 Å². The van der Waals surface area contributed by atoms with Crippen molar-refractivity contribution in [2.24, 2.45) is 0 Å². The maximum Gasteiger partial charge on any atom is 0.311 e. The van der Waals surface area contributed by atoms with E-state index in [4.69, 9.17) is 0 Å². The highest BCUT2D eigenvalue weighted by molar-refractivity contribution is 5.76. The molecule has 0 aromatic carbocycles. The fourth-order valence-corrected chi connectivity index (χ4v) is 1.61. The standard InChI is InChI=1S/C13H21N5O3/c1-4-9(2)16-12(19)7-8-15-13-10(18(20)21)5-6-11(14-3)17-13/h5-6,9H,4,7-8H2,1-3H3,(H,16,19)(H2,14,15,17). The Balaban J connectivity index is 2.61. The third-order valence-electron chi connectivity index (χ3n) is 2.99. The number of pyridine rings is 1. The van der Waals surface area contributed by atoms with Crippen molar-refractivity contribution in [3.63, 3.8) is 0 Å². The zero-order valence-corrected chi connectivity index (χ0v) is 12.5. The lowest BCUT2D eigenvalue weighted by molar-refractivity contribution is -0.384. The lowest BCUT2D eigenvalue weighted by atomic mass is 10.2. The van der Waals surface area contributed by atoms with Gasteiger partial charge < -0.3 is 16.0 Å². The summed E-state index contributed by atoms with van der Waals surface area (Å²) < 4.78 is 0.